The number of hydrogen-bond donors (Lipinski definition) is 1. The van der Waals surface area contributed by atoms with Crippen LogP contribution in [0.3, 0.4) is 0 Å². The van der Waals surface area contributed by atoms with Crippen LogP contribution >= 0.6 is 11.6 Å². The number of ether oxygens (including phenoxy) is 1. The Labute approximate surface area is 146 Å². The third kappa shape index (κ3) is 4.30. The predicted molar refractivity (Wildman–Crippen MR) is 87.4 cm³/mol. The summed E-state index contributed by atoms with van der Waals surface area (Å²) in [5.74, 6) is -0.499. The van der Waals surface area contributed by atoms with Gasteiger partial charge < -0.3 is 10.1 Å². The molecule has 128 valence electrons. The van der Waals surface area contributed by atoms with Crippen LogP contribution < -0.4 is 10.1 Å². The number of amides is 1. The van der Waals surface area contributed by atoms with Gasteiger partial charge in [-0.25, -0.2) is 9.67 Å². The van der Waals surface area contributed by atoms with Crippen LogP contribution in [0, 0.1) is 0 Å². The summed E-state index contributed by atoms with van der Waals surface area (Å²) in [6, 6.07) is 12.4. The van der Waals surface area contributed by atoms with Gasteiger partial charge in [-0.1, -0.05) is 11.6 Å². The fraction of sp³-hybridized carbons (Fsp3) is 0.0625. The number of anilines is 1. The van der Waals surface area contributed by atoms with E-state index >= 15 is 0 Å². The molecule has 9 heteroatoms. The lowest BCUT2D eigenvalue weighted by Gasteiger charge is -2.05. The maximum Gasteiger partial charge on any atom is 0.387 e. The molecule has 0 radical (unpaired) electrons. The number of rotatable bonds is 5. The van der Waals surface area contributed by atoms with E-state index in [1.165, 1.54) is 35.3 Å². The molecule has 1 heterocycles. The minimum atomic E-state index is -2.89. The van der Waals surface area contributed by atoms with E-state index in [0.29, 0.717) is 16.4 Å². The van der Waals surface area contributed by atoms with Crippen LogP contribution in [0.15, 0.2) is 54.9 Å². The number of aromatic nitrogens is 3. The first-order valence-electron chi connectivity index (χ1n) is 7.05. The SMILES string of the molecule is O=C(Nc1ccc(Cl)cc1)c1ncn(-c2ccc(OC(F)F)cc2)n1. The molecule has 0 unspecified atom stereocenters. The van der Waals surface area contributed by atoms with Gasteiger partial charge in [0.15, 0.2) is 0 Å². The molecule has 3 aromatic rings. The van der Waals surface area contributed by atoms with Crippen LogP contribution in [0.4, 0.5) is 14.5 Å². The molecule has 2 aromatic carbocycles. The van der Waals surface area contributed by atoms with Crippen molar-refractivity contribution >= 4 is 23.2 Å². The zero-order valence-electron chi connectivity index (χ0n) is 12.6. The fourth-order valence-corrected chi connectivity index (χ4v) is 2.12. The van der Waals surface area contributed by atoms with E-state index < -0.39 is 12.5 Å². The molecule has 0 fully saturated rings. The molecule has 3 rings (SSSR count). The average Bonchev–Trinajstić information content (AvgIpc) is 3.07. The summed E-state index contributed by atoms with van der Waals surface area (Å²) in [4.78, 5) is 16.1. The number of halogens is 3. The Hall–Kier alpha value is -3.00. The topological polar surface area (TPSA) is 69.0 Å². The second-order valence-corrected chi connectivity index (χ2v) is 5.28. The Balaban J connectivity index is 1.71. The number of carbonyl (C=O) groups is 1. The second-order valence-electron chi connectivity index (χ2n) is 4.85. The quantitative estimate of drug-likeness (QED) is 0.748. The summed E-state index contributed by atoms with van der Waals surface area (Å²) < 4.78 is 29.9. The second kappa shape index (κ2) is 7.27. The molecular formula is C16H11ClF2N4O2. The van der Waals surface area contributed by atoms with Gasteiger partial charge in [0.05, 0.1) is 5.69 Å². The van der Waals surface area contributed by atoms with Crippen LogP contribution in [0.25, 0.3) is 5.69 Å². The maximum atomic E-state index is 12.1. The van der Waals surface area contributed by atoms with E-state index in [1.807, 2.05) is 0 Å². The van der Waals surface area contributed by atoms with Crippen LogP contribution in [-0.2, 0) is 0 Å². The number of alkyl halides is 2. The number of nitrogens with one attached hydrogen (secondary N) is 1. The average molecular weight is 365 g/mol. The number of hydrogen-bond acceptors (Lipinski definition) is 4. The zero-order valence-corrected chi connectivity index (χ0v) is 13.3. The zero-order chi connectivity index (χ0) is 17.8. The molecule has 0 aliphatic carbocycles. The lowest BCUT2D eigenvalue weighted by molar-refractivity contribution is -0.0498. The molecule has 0 saturated heterocycles. The minimum Gasteiger partial charge on any atom is -0.435 e. The lowest BCUT2D eigenvalue weighted by Crippen LogP contribution is -2.14. The highest BCUT2D eigenvalue weighted by molar-refractivity contribution is 6.30. The van der Waals surface area contributed by atoms with Gasteiger partial charge >= 0.3 is 6.61 Å². The van der Waals surface area contributed by atoms with E-state index in [4.69, 9.17) is 11.6 Å². The first kappa shape index (κ1) is 16.8. The van der Waals surface area contributed by atoms with Crippen molar-refractivity contribution in [2.75, 3.05) is 5.32 Å². The highest BCUT2D eigenvalue weighted by Gasteiger charge is 2.13. The van der Waals surface area contributed by atoms with E-state index in [2.05, 4.69) is 20.1 Å². The monoisotopic (exact) mass is 364 g/mol. The Kier molecular flexibility index (Phi) is 4.90. The van der Waals surface area contributed by atoms with Crippen molar-refractivity contribution in [1.82, 2.24) is 14.8 Å². The predicted octanol–water partition coefficient (Wildman–Crippen LogP) is 3.77. The van der Waals surface area contributed by atoms with Crippen molar-refractivity contribution in [3.05, 3.63) is 65.7 Å². The Bertz CT molecular complexity index is 867. The van der Waals surface area contributed by atoms with Gasteiger partial charge in [-0.3, -0.25) is 4.79 Å². The molecule has 0 atom stereocenters. The van der Waals surface area contributed by atoms with E-state index in [9.17, 15) is 13.6 Å². The molecule has 0 saturated carbocycles. The number of carbonyl (C=O) groups excluding carboxylic acids is 1. The minimum absolute atomic E-state index is 0.0274. The molecule has 0 spiro atoms. The first-order chi connectivity index (χ1) is 12.0. The van der Waals surface area contributed by atoms with Crippen molar-refractivity contribution in [1.29, 1.82) is 0 Å². The highest BCUT2D eigenvalue weighted by Crippen LogP contribution is 2.17. The number of benzene rings is 2. The smallest absolute Gasteiger partial charge is 0.387 e. The van der Waals surface area contributed by atoms with Gasteiger partial charge in [-0.2, -0.15) is 8.78 Å². The van der Waals surface area contributed by atoms with Crippen molar-refractivity contribution in [3.8, 4) is 11.4 Å². The third-order valence-corrected chi connectivity index (χ3v) is 3.38. The summed E-state index contributed by atoms with van der Waals surface area (Å²) >= 11 is 5.78. The molecule has 0 aliphatic heterocycles. The fourth-order valence-electron chi connectivity index (χ4n) is 1.99. The summed E-state index contributed by atoms with van der Waals surface area (Å²) in [5.41, 5.74) is 1.10. The molecule has 0 bridgehead atoms. The third-order valence-electron chi connectivity index (χ3n) is 3.12. The van der Waals surface area contributed by atoms with Crippen molar-refractivity contribution in [3.63, 3.8) is 0 Å². The standard InChI is InChI=1S/C16H11ClF2N4O2/c17-10-1-3-11(4-2-10)21-15(24)14-20-9-23(22-14)12-5-7-13(8-6-12)25-16(18)19/h1-9,16H,(H,21,24). The van der Waals surface area contributed by atoms with Gasteiger partial charge in [0.2, 0.25) is 5.82 Å². The van der Waals surface area contributed by atoms with E-state index in [0.717, 1.165) is 0 Å². The van der Waals surface area contributed by atoms with E-state index in [-0.39, 0.29) is 11.6 Å². The number of nitrogens with zero attached hydrogens (tertiary/aromatic N) is 3. The maximum absolute atomic E-state index is 12.1. The molecule has 25 heavy (non-hydrogen) atoms. The lowest BCUT2D eigenvalue weighted by atomic mass is 10.3. The Morgan fingerprint density at radius 1 is 1.12 bits per heavy atom. The van der Waals surface area contributed by atoms with Crippen LogP contribution in [0.5, 0.6) is 5.75 Å². The first-order valence-corrected chi connectivity index (χ1v) is 7.43. The van der Waals surface area contributed by atoms with Gasteiger partial charge in [0.25, 0.3) is 5.91 Å². The molecule has 1 amide bonds. The van der Waals surface area contributed by atoms with Gasteiger partial charge in [-0.05, 0) is 48.5 Å². The van der Waals surface area contributed by atoms with Crippen molar-refractivity contribution < 1.29 is 18.3 Å². The highest BCUT2D eigenvalue weighted by atomic mass is 35.5. The molecule has 1 aromatic heterocycles. The van der Waals surface area contributed by atoms with Gasteiger partial charge in [0, 0.05) is 10.7 Å². The van der Waals surface area contributed by atoms with Crippen molar-refractivity contribution in [2.45, 2.75) is 6.61 Å². The normalized spacial score (nSPS) is 10.7. The molecule has 0 aliphatic rings. The molecular weight excluding hydrogens is 354 g/mol. The Morgan fingerprint density at radius 2 is 1.80 bits per heavy atom. The van der Waals surface area contributed by atoms with Gasteiger partial charge in [0.1, 0.15) is 12.1 Å². The van der Waals surface area contributed by atoms with Crippen LogP contribution in [-0.4, -0.2) is 27.3 Å². The summed E-state index contributed by atoms with van der Waals surface area (Å²) in [7, 11) is 0. The summed E-state index contributed by atoms with van der Waals surface area (Å²) in [5, 5.41) is 7.26. The van der Waals surface area contributed by atoms with E-state index in [1.54, 1.807) is 24.3 Å². The molecule has 1 N–H and O–H groups in total. The molecule has 6 nitrogen and oxygen atoms in total. The van der Waals surface area contributed by atoms with Crippen molar-refractivity contribution in [2.24, 2.45) is 0 Å². The van der Waals surface area contributed by atoms with Crippen LogP contribution in [0.2, 0.25) is 5.02 Å². The largest absolute Gasteiger partial charge is 0.435 e. The summed E-state index contributed by atoms with van der Waals surface area (Å²) in [6.07, 6.45) is 1.35. The van der Waals surface area contributed by atoms with Crippen LogP contribution in [0.1, 0.15) is 10.6 Å². The van der Waals surface area contributed by atoms with Gasteiger partial charge in [-0.15, -0.1) is 5.10 Å². The summed E-state index contributed by atoms with van der Waals surface area (Å²) in [6.45, 7) is -2.89. The Morgan fingerprint density at radius 3 is 2.44 bits per heavy atom.